The summed E-state index contributed by atoms with van der Waals surface area (Å²) >= 11 is 0. The number of methoxy groups -OCH3 is 1. The summed E-state index contributed by atoms with van der Waals surface area (Å²) in [5.74, 6) is -0.346. The highest BCUT2D eigenvalue weighted by atomic mass is 16.5. The molecule has 0 fully saturated rings. The molecular formula is C14H22N2O2. The predicted octanol–water partition coefficient (Wildman–Crippen LogP) is 2.49. The Morgan fingerprint density at radius 1 is 1.50 bits per heavy atom. The van der Waals surface area contributed by atoms with E-state index in [0.29, 0.717) is 11.6 Å². The van der Waals surface area contributed by atoms with Crippen molar-refractivity contribution in [3.63, 3.8) is 0 Å². The van der Waals surface area contributed by atoms with Gasteiger partial charge in [-0.25, -0.2) is 4.79 Å². The van der Waals surface area contributed by atoms with Crippen LogP contribution in [0.5, 0.6) is 0 Å². The monoisotopic (exact) mass is 250 g/mol. The Balaban J connectivity index is 2.60. The molecule has 1 rings (SSSR count). The number of carbonyl (C=O) groups is 1. The van der Waals surface area contributed by atoms with E-state index in [4.69, 9.17) is 0 Å². The van der Waals surface area contributed by atoms with Crippen LogP contribution in [-0.2, 0) is 11.3 Å². The summed E-state index contributed by atoms with van der Waals surface area (Å²) in [7, 11) is 3.46. The van der Waals surface area contributed by atoms with Gasteiger partial charge < -0.3 is 4.74 Å². The zero-order chi connectivity index (χ0) is 13.5. The van der Waals surface area contributed by atoms with Crippen LogP contribution in [0, 0.1) is 0 Å². The molecule has 0 aromatic carbocycles. The normalized spacial score (nSPS) is 12.5. The van der Waals surface area contributed by atoms with E-state index < -0.39 is 0 Å². The number of pyridine rings is 1. The van der Waals surface area contributed by atoms with Crippen molar-refractivity contribution in [3.05, 3.63) is 29.6 Å². The third-order valence-electron chi connectivity index (χ3n) is 3.12. The first kappa shape index (κ1) is 14.6. The van der Waals surface area contributed by atoms with Gasteiger partial charge >= 0.3 is 5.97 Å². The van der Waals surface area contributed by atoms with Crippen molar-refractivity contribution in [2.75, 3.05) is 14.2 Å². The molecule has 1 heterocycles. The molecule has 0 N–H and O–H groups in total. The van der Waals surface area contributed by atoms with Gasteiger partial charge in [-0.3, -0.25) is 9.88 Å². The number of aromatic nitrogens is 1. The van der Waals surface area contributed by atoms with Crippen molar-refractivity contribution >= 4 is 5.97 Å². The van der Waals surface area contributed by atoms with Crippen molar-refractivity contribution in [2.45, 2.75) is 39.3 Å². The van der Waals surface area contributed by atoms with Gasteiger partial charge in [-0.15, -0.1) is 0 Å². The molecule has 0 aliphatic carbocycles. The van der Waals surface area contributed by atoms with Gasteiger partial charge in [0, 0.05) is 18.8 Å². The number of carbonyl (C=O) groups excluding carboxylic acids is 1. The van der Waals surface area contributed by atoms with Gasteiger partial charge in [-0.2, -0.15) is 0 Å². The number of ether oxygens (including phenoxy) is 1. The van der Waals surface area contributed by atoms with Gasteiger partial charge in [-0.05, 0) is 32.5 Å². The van der Waals surface area contributed by atoms with Gasteiger partial charge in [0.25, 0.3) is 0 Å². The first-order valence-electron chi connectivity index (χ1n) is 6.32. The van der Waals surface area contributed by atoms with E-state index in [9.17, 15) is 4.79 Å². The molecule has 4 nitrogen and oxygen atoms in total. The molecule has 100 valence electrons. The van der Waals surface area contributed by atoms with Crippen molar-refractivity contribution in [1.29, 1.82) is 0 Å². The molecule has 0 radical (unpaired) electrons. The molecule has 1 aromatic rings. The topological polar surface area (TPSA) is 42.4 Å². The molecule has 0 bridgehead atoms. The Morgan fingerprint density at radius 2 is 2.22 bits per heavy atom. The summed E-state index contributed by atoms with van der Waals surface area (Å²) in [6.07, 6.45) is 3.93. The predicted molar refractivity (Wildman–Crippen MR) is 71.4 cm³/mol. The zero-order valence-electron chi connectivity index (χ0n) is 11.6. The molecule has 0 spiro atoms. The lowest BCUT2D eigenvalue weighted by molar-refractivity contribution is 0.0600. The van der Waals surface area contributed by atoms with Gasteiger partial charge in [0.05, 0.1) is 18.4 Å². The Morgan fingerprint density at radius 3 is 2.72 bits per heavy atom. The van der Waals surface area contributed by atoms with Crippen LogP contribution in [0.4, 0.5) is 0 Å². The largest absolute Gasteiger partial charge is 0.465 e. The number of esters is 1. The molecular weight excluding hydrogens is 228 g/mol. The molecule has 0 amide bonds. The number of hydrogen-bond acceptors (Lipinski definition) is 4. The quantitative estimate of drug-likeness (QED) is 0.727. The standard InChI is InChI=1S/C14H22N2O2/c1-5-6-11(2)16(3)10-13-8-7-12(9-15-13)14(17)18-4/h7-9,11H,5-6,10H2,1-4H3. The molecule has 0 aliphatic heterocycles. The second-order valence-corrected chi connectivity index (χ2v) is 4.58. The molecule has 1 atom stereocenters. The lowest BCUT2D eigenvalue weighted by Crippen LogP contribution is -2.28. The van der Waals surface area contributed by atoms with E-state index in [1.54, 1.807) is 12.3 Å². The van der Waals surface area contributed by atoms with Gasteiger partial charge in [0.2, 0.25) is 0 Å². The minimum Gasteiger partial charge on any atom is -0.465 e. The van der Waals surface area contributed by atoms with E-state index >= 15 is 0 Å². The molecule has 18 heavy (non-hydrogen) atoms. The maximum absolute atomic E-state index is 11.3. The minimum absolute atomic E-state index is 0.346. The maximum atomic E-state index is 11.3. The average molecular weight is 250 g/mol. The van der Waals surface area contributed by atoms with Crippen LogP contribution in [0.2, 0.25) is 0 Å². The van der Waals surface area contributed by atoms with Crippen LogP contribution >= 0.6 is 0 Å². The van der Waals surface area contributed by atoms with Crippen LogP contribution in [-0.4, -0.2) is 36.1 Å². The SMILES string of the molecule is CCCC(C)N(C)Cc1ccc(C(=O)OC)cn1. The molecule has 0 saturated heterocycles. The molecule has 0 saturated carbocycles. The fourth-order valence-corrected chi connectivity index (χ4v) is 1.81. The maximum Gasteiger partial charge on any atom is 0.339 e. The minimum atomic E-state index is -0.346. The van der Waals surface area contributed by atoms with Crippen molar-refractivity contribution in [2.24, 2.45) is 0 Å². The molecule has 1 aromatic heterocycles. The lowest BCUT2D eigenvalue weighted by atomic mass is 10.1. The van der Waals surface area contributed by atoms with E-state index in [2.05, 4.69) is 35.5 Å². The Bertz CT molecular complexity index is 376. The summed E-state index contributed by atoms with van der Waals surface area (Å²) in [5.41, 5.74) is 1.46. The first-order valence-corrected chi connectivity index (χ1v) is 6.32. The average Bonchev–Trinajstić information content (AvgIpc) is 2.39. The van der Waals surface area contributed by atoms with Gasteiger partial charge in [-0.1, -0.05) is 13.3 Å². The highest BCUT2D eigenvalue weighted by Crippen LogP contribution is 2.09. The summed E-state index contributed by atoms with van der Waals surface area (Å²) in [6, 6.07) is 4.17. The van der Waals surface area contributed by atoms with E-state index in [0.717, 1.165) is 12.2 Å². The van der Waals surface area contributed by atoms with E-state index in [-0.39, 0.29) is 5.97 Å². The third kappa shape index (κ3) is 4.11. The van der Waals surface area contributed by atoms with E-state index in [1.807, 2.05) is 6.07 Å². The van der Waals surface area contributed by atoms with Crippen molar-refractivity contribution < 1.29 is 9.53 Å². The highest BCUT2D eigenvalue weighted by molar-refractivity contribution is 5.88. The van der Waals surface area contributed by atoms with Crippen LogP contribution in [0.1, 0.15) is 42.7 Å². The van der Waals surface area contributed by atoms with Crippen molar-refractivity contribution in [3.8, 4) is 0 Å². The number of hydrogen-bond donors (Lipinski definition) is 0. The molecule has 0 aliphatic rings. The number of nitrogens with zero attached hydrogens (tertiary/aromatic N) is 2. The molecule has 4 heteroatoms. The lowest BCUT2D eigenvalue weighted by Gasteiger charge is -2.23. The second kappa shape index (κ2) is 7.11. The Hall–Kier alpha value is -1.42. The van der Waals surface area contributed by atoms with Crippen LogP contribution in [0.3, 0.4) is 0 Å². The van der Waals surface area contributed by atoms with Gasteiger partial charge in [0.1, 0.15) is 0 Å². The fourth-order valence-electron chi connectivity index (χ4n) is 1.81. The van der Waals surface area contributed by atoms with E-state index in [1.165, 1.54) is 20.0 Å². The highest BCUT2D eigenvalue weighted by Gasteiger charge is 2.10. The van der Waals surface area contributed by atoms with Crippen LogP contribution < -0.4 is 0 Å². The van der Waals surface area contributed by atoms with Crippen LogP contribution in [0.25, 0.3) is 0 Å². The second-order valence-electron chi connectivity index (χ2n) is 4.58. The fraction of sp³-hybridized carbons (Fsp3) is 0.571. The Labute approximate surface area is 109 Å². The summed E-state index contributed by atoms with van der Waals surface area (Å²) < 4.78 is 4.64. The Kier molecular flexibility index (Phi) is 5.78. The summed E-state index contributed by atoms with van der Waals surface area (Å²) in [6.45, 7) is 5.20. The first-order chi connectivity index (χ1) is 8.58. The summed E-state index contributed by atoms with van der Waals surface area (Å²) in [5, 5.41) is 0. The van der Waals surface area contributed by atoms with Gasteiger partial charge in [0.15, 0.2) is 0 Å². The van der Waals surface area contributed by atoms with Crippen molar-refractivity contribution in [1.82, 2.24) is 9.88 Å². The number of rotatable bonds is 6. The molecule has 1 unspecified atom stereocenters. The zero-order valence-corrected chi connectivity index (χ0v) is 11.6. The smallest absolute Gasteiger partial charge is 0.339 e. The summed E-state index contributed by atoms with van der Waals surface area (Å²) in [4.78, 5) is 17.8. The third-order valence-corrected chi connectivity index (χ3v) is 3.12. The van der Waals surface area contributed by atoms with Crippen LogP contribution in [0.15, 0.2) is 18.3 Å².